The van der Waals surface area contributed by atoms with Crippen molar-refractivity contribution in [3.05, 3.63) is 42.2 Å². The predicted molar refractivity (Wildman–Crippen MR) is 74.2 cm³/mol. The Hall–Kier alpha value is -2.96. The predicted octanol–water partition coefficient (Wildman–Crippen LogP) is 1.37. The Morgan fingerprint density at radius 2 is 2.00 bits per heavy atom. The minimum absolute atomic E-state index is 0.308. The summed E-state index contributed by atoms with van der Waals surface area (Å²) in [5.74, 6) is -1.24. The van der Waals surface area contributed by atoms with Crippen molar-refractivity contribution in [3.63, 3.8) is 0 Å². The molecule has 0 atom stereocenters. The number of esters is 1. The molecule has 0 amide bonds. The molecular formula is C15H12FN2O4+. The molecule has 0 radical (unpaired) electrons. The summed E-state index contributed by atoms with van der Waals surface area (Å²) in [5.41, 5.74) is -0.216. The standard InChI is InChI=1S/C15H11FN2O4/c1-22-12(19)8-18-11-6-9-4-2-3-5-10(9)7-17(11)13(14(16)20)15(18)21/h2-7H,8H2,1H3/p+1. The first-order chi connectivity index (χ1) is 10.5. The van der Waals surface area contributed by atoms with Gasteiger partial charge in [-0.15, -0.1) is 0 Å². The third-order valence-corrected chi connectivity index (χ3v) is 3.48. The number of imidazole rings is 1. The van der Waals surface area contributed by atoms with E-state index < -0.39 is 23.6 Å². The van der Waals surface area contributed by atoms with Crippen LogP contribution in [0.15, 0.2) is 36.5 Å². The molecule has 6 nitrogen and oxygen atoms in total. The molecule has 0 saturated carbocycles. The van der Waals surface area contributed by atoms with Crippen LogP contribution in [-0.4, -0.2) is 28.6 Å². The van der Waals surface area contributed by atoms with Gasteiger partial charge in [-0.1, -0.05) is 24.3 Å². The number of methoxy groups -OCH3 is 1. The van der Waals surface area contributed by atoms with Gasteiger partial charge in [-0.2, -0.15) is 13.4 Å². The fraction of sp³-hybridized carbons (Fsp3) is 0.133. The topological polar surface area (TPSA) is 71.9 Å². The molecule has 0 aliphatic carbocycles. The second-order valence-electron chi connectivity index (χ2n) is 4.74. The van der Waals surface area contributed by atoms with Gasteiger partial charge in [0.15, 0.2) is 6.54 Å². The molecule has 0 aliphatic rings. The molecule has 0 spiro atoms. The second kappa shape index (κ2) is 5.10. The summed E-state index contributed by atoms with van der Waals surface area (Å²) in [6, 6.07) is 7.13. The average Bonchev–Trinajstić information content (AvgIpc) is 2.76. The van der Waals surface area contributed by atoms with Gasteiger partial charge in [0.05, 0.1) is 7.11 Å². The Bertz CT molecular complexity index is 917. The summed E-state index contributed by atoms with van der Waals surface area (Å²) in [6.07, 6.45) is 1.53. The highest BCUT2D eigenvalue weighted by Gasteiger charge is 2.32. The number of pyridine rings is 1. The Balaban J connectivity index is 2.38. The van der Waals surface area contributed by atoms with Crippen LogP contribution >= 0.6 is 0 Å². The van der Waals surface area contributed by atoms with Crippen LogP contribution in [0.25, 0.3) is 16.4 Å². The van der Waals surface area contributed by atoms with E-state index in [9.17, 15) is 19.1 Å². The van der Waals surface area contributed by atoms with Gasteiger partial charge >= 0.3 is 17.9 Å². The number of carbonyl (C=O) groups excluding carboxylic acids is 2. The normalized spacial score (nSPS) is 11.0. The largest absolute Gasteiger partial charge is 0.474 e. The fourth-order valence-corrected chi connectivity index (χ4v) is 2.44. The molecule has 1 aromatic carbocycles. The van der Waals surface area contributed by atoms with Crippen LogP contribution in [0.2, 0.25) is 0 Å². The SMILES string of the molecule is COC(=O)C[n+]1c(O)c(C(=O)F)n2cc3ccccc3cc21. The van der Waals surface area contributed by atoms with Gasteiger partial charge in [0.2, 0.25) is 0 Å². The molecule has 0 saturated heterocycles. The first kappa shape index (κ1) is 14.0. The molecule has 0 aliphatic heterocycles. The zero-order chi connectivity index (χ0) is 15.9. The summed E-state index contributed by atoms with van der Waals surface area (Å²) in [4.78, 5) is 22.7. The number of aromatic hydroxyl groups is 1. The van der Waals surface area contributed by atoms with Crippen LogP contribution in [-0.2, 0) is 16.1 Å². The fourth-order valence-electron chi connectivity index (χ4n) is 2.44. The maximum atomic E-state index is 13.3. The molecular weight excluding hydrogens is 291 g/mol. The molecule has 0 fully saturated rings. The first-order valence-electron chi connectivity index (χ1n) is 6.45. The second-order valence-corrected chi connectivity index (χ2v) is 4.74. The highest BCUT2D eigenvalue weighted by Crippen LogP contribution is 2.22. The lowest BCUT2D eigenvalue weighted by atomic mass is 10.2. The van der Waals surface area contributed by atoms with Crippen molar-refractivity contribution in [2.75, 3.05) is 7.11 Å². The van der Waals surface area contributed by atoms with E-state index in [1.165, 1.54) is 17.7 Å². The van der Waals surface area contributed by atoms with E-state index in [1.54, 1.807) is 18.2 Å². The molecule has 3 aromatic rings. The minimum atomic E-state index is -1.79. The number of rotatable bonds is 3. The minimum Gasteiger partial charge on any atom is -0.474 e. The van der Waals surface area contributed by atoms with Crippen molar-refractivity contribution in [2.24, 2.45) is 0 Å². The van der Waals surface area contributed by atoms with Gasteiger partial charge in [0, 0.05) is 11.5 Å². The Kier molecular flexibility index (Phi) is 3.25. The molecule has 1 N–H and O–H groups in total. The van der Waals surface area contributed by atoms with E-state index in [1.807, 2.05) is 12.1 Å². The number of halogens is 1. The average molecular weight is 303 g/mol. The van der Waals surface area contributed by atoms with Crippen molar-refractivity contribution in [3.8, 4) is 5.88 Å². The van der Waals surface area contributed by atoms with Gasteiger partial charge in [-0.25, -0.2) is 4.79 Å². The molecule has 112 valence electrons. The summed E-state index contributed by atoms with van der Waals surface area (Å²) < 4.78 is 20.2. The quantitative estimate of drug-likeness (QED) is 0.450. The highest BCUT2D eigenvalue weighted by molar-refractivity contribution is 5.91. The lowest BCUT2D eigenvalue weighted by molar-refractivity contribution is -0.665. The van der Waals surface area contributed by atoms with E-state index in [2.05, 4.69) is 4.74 Å². The number of carbonyl (C=O) groups is 2. The third kappa shape index (κ3) is 2.07. The van der Waals surface area contributed by atoms with Gasteiger partial charge < -0.3 is 9.84 Å². The van der Waals surface area contributed by atoms with Crippen LogP contribution in [0, 0.1) is 0 Å². The number of benzene rings is 1. The highest BCUT2D eigenvalue weighted by atomic mass is 19.1. The summed E-state index contributed by atoms with van der Waals surface area (Å²) in [6.45, 7) is -0.336. The zero-order valence-corrected chi connectivity index (χ0v) is 11.6. The van der Waals surface area contributed by atoms with E-state index >= 15 is 0 Å². The van der Waals surface area contributed by atoms with Crippen molar-refractivity contribution in [1.29, 1.82) is 0 Å². The molecule has 0 unspecified atom stereocenters. The van der Waals surface area contributed by atoms with Gasteiger partial charge in [0.1, 0.15) is 6.20 Å². The summed E-state index contributed by atoms with van der Waals surface area (Å²) in [5, 5.41) is 11.7. The van der Waals surface area contributed by atoms with Crippen LogP contribution in [0.3, 0.4) is 0 Å². The molecule has 22 heavy (non-hydrogen) atoms. The third-order valence-electron chi connectivity index (χ3n) is 3.48. The van der Waals surface area contributed by atoms with Crippen LogP contribution in [0.1, 0.15) is 10.5 Å². The number of ether oxygens (including phenoxy) is 1. The van der Waals surface area contributed by atoms with E-state index in [0.29, 0.717) is 5.65 Å². The van der Waals surface area contributed by atoms with Crippen LogP contribution < -0.4 is 4.57 Å². The first-order valence-corrected chi connectivity index (χ1v) is 6.45. The summed E-state index contributed by atoms with van der Waals surface area (Å²) >= 11 is 0. The maximum Gasteiger partial charge on any atom is 0.379 e. The lowest BCUT2D eigenvalue weighted by Crippen LogP contribution is -2.38. The molecule has 2 aromatic heterocycles. The van der Waals surface area contributed by atoms with Crippen molar-refractivity contribution < 1.29 is 28.4 Å². The number of hydrogen-bond acceptors (Lipinski definition) is 4. The van der Waals surface area contributed by atoms with Crippen molar-refractivity contribution in [2.45, 2.75) is 6.54 Å². The van der Waals surface area contributed by atoms with E-state index in [0.717, 1.165) is 15.3 Å². The number of aromatic nitrogens is 2. The van der Waals surface area contributed by atoms with E-state index in [4.69, 9.17) is 0 Å². The Morgan fingerprint density at radius 1 is 1.32 bits per heavy atom. The Labute approximate surface area is 124 Å². The van der Waals surface area contributed by atoms with Gasteiger partial charge in [-0.3, -0.25) is 4.79 Å². The van der Waals surface area contributed by atoms with Crippen molar-refractivity contribution in [1.82, 2.24) is 4.40 Å². The molecule has 7 heteroatoms. The molecule has 3 rings (SSSR count). The van der Waals surface area contributed by atoms with Crippen molar-refractivity contribution >= 4 is 28.4 Å². The number of fused-ring (bicyclic) bond motifs is 2. The van der Waals surface area contributed by atoms with E-state index in [-0.39, 0.29) is 6.54 Å². The van der Waals surface area contributed by atoms with Crippen LogP contribution in [0.4, 0.5) is 4.39 Å². The number of hydrogen-bond donors (Lipinski definition) is 1. The molecule has 0 bridgehead atoms. The maximum absolute atomic E-state index is 13.3. The summed E-state index contributed by atoms with van der Waals surface area (Å²) in [7, 11) is 1.20. The monoisotopic (exact) mass is 303 g/mol. The van der Waals surface area contributed by atoms with Gasteiger partial charge in [-0.05, 0) is 5.39 Å². The lowest BCUT2D eigenvalue weighted by Gasteiger charge is -1.99. The zero-order valence-electron chi connectivity index (χ0n) is 11.6. The van der Waals surface area contributed by atoms with Gasteiger partial charge in [0.25, 0.3) is 11.3 Å². The van der Waals surface area contributed by atoms with Crippen LogP contribution in [0.5, 0.6) is 5.88 Å². The molecule has 2 heterocycles. The smallest absolute Gasteiger partial charge is 0.379 e. The Morgan fingerprint density at radius 3 is 2.64 bits per heavy atom. The number of nitrogens with zero attached hydrogens (tertiary/aromatic N) is 2.